The van der Waals surface area contributed by atoms with Gasteiger partial charge in [-0.1, -0.05) is 0 Å². The maximum Gasteiger partial charge on any atom is 0.422 e. The van der Waals surface area contributed by atoms with Gasteiger partial charge in [0.1, 0.15) is 0 Å². The van der Waals surface area contributed by atoms with Gasteiger partial charge >= 0.3 is 16.3 Å². The van der Waals surface area contributed by atoms with Crippen molar-refractivity contribution >= 4 is 16.3 Å². The van der Waals surface area contributed by atoms with Crippen molar-refractivity contribution in [2.24, 2.45) is 0 Å². The van der Waals surface area contributed by atoms with E-state index in [2.05, 4.69) is 5.32 Å². The molecule has 9 heteroatoms. The van der Waals surface area contributed by atoms with Crippen molar-refractivity contribution in [1.29, 1.82) is 0 Å². The molecule has 0 saturated carbocycles. The number of aliphatic hydroxyl groups excluding tert-OH is 1. The minimum Gasteiger partial charge on any atom is -0.446 e. The highest BCUT2D eigenvalue weighted by molar-refractivity contribution is 7.87. The van der Waals surface area contributed by atoms with Gasteiger partial charge in [-0.05, 0) is 13.8 Å². The Morgan fingerprint density at radius 3 is 2.56 bits per heavy atom. The molecule has 3 N–H and O–H groups in total. The predicted molar refractivity (Wildman–Crippen MR) is 64.1 cm³/mol. The number of likely N-dealkylation sites (N-methyl/N-ethyl adjacent to an activating group) is 1. The number of ether oxygens (including phenoxy) is 1. The van der Waals surface area contributed by atoms with E-state index in [0.717, 1.165) is 4.31 Å². The largest absolute Gasteiger partial charge is 0.446 e. The molecule has 0 aromatic heterocycles. The van der Waals surface area contributed by atoms with Gasteiger partial charge in [-0.15, -0.1) is 0 Å². The molecule has 0 aromatic rings. The molecule has 1 aliphatic rings. The average molecular weight is 281 g/mol. The van der Waals surface area contributed by atoms with E-state index in [1.807, 2.05) is 0 Å². The highest BCUT2D eigenvalue weighted by atomic mass is 32.2. The van der Waals surface area contributed by atoms with Gasteiger partial charge in [-0.25, -0.2) is 9.52 Å². The highest BCUT2D eigenvalue weighted by Crippen LogP contribution is 2.10. The Balaban J connectivity index is 2.65. The second-order valence-electron chi connectivity index (χ2n) is 4.37. The van der Waals surface area contributed by atoms with Crippen molar-refractivity contribution in [2.75, 3.05) is 20.1 Å². The molecule has 0 aliphatic carbocycles. The maximum atomic E-state index is 11.8. The molecule has 1 rings (SSSR count). The molecular formula is C9H19N3O5S. The van der Waals surface area contributed by atoms with Crippen LogP contribution < -0.4 is 10.0 Å². The topological polar surface area (TPSA) is 108 Å². The van der Waals surface area contributed by atoms with Crippen LogP contribution >= 0.6 is 0 Å². The lowest BCUT2D eigenvalue weighted by atomic mass is 10.2. The lowest BCUT2D eigenvalue weighted by molar-refractivity contribution is 0.118. The Kier molecular flexibility index (Phi) is 4.91. The molecular weight excluding hydrogens is 262 g/mol. The van der Waals surface area contributed by atoms with E-state index in [0.29, 0.717) is 13.1 Å². The standard InChI is InChI=1S/C9H19N3O5S/c1-6(2)17-9(14)11-18(15,16)12(3)7-4-10-5-8(7)13/h6-8,10,13H,4-5H2,1-3H3,(H,11,14)/t7-,8-/m0/s1. The highest BCUT2D eigenvalue weighted by Gasteiger charge is 2.35. The van der Waals surface area contributed by atoms with Crippen molar-refractivity contribution in [3.63, 3.8) is 0 Å². The van der Waals surface area contributed by atoms with Crippen LogP contribution in [0.25, 0.3) is 0 Å². The van der Waals surface area contributed by atoms with Gasteiger partial charge in [0.25, 0.3) is 0 Å². The van der Waals surface area contributed by atoms with Crippen LogP contribution in [0.2, 0.25) is 0 Å². The van der Waals surface area contributed by atoms with Crippen molar-refractivity contribution < 1.29 is 23.1 Å². The molecule has 0 spiro atoms. The summed E-state index contributed by atoms with van der Waals surface area (Å²) >= 11 is 0. The molecule has 106 valence electrons. The van der Waals surface area contributed by atoms with E-state index in [-0.39, 0.29) is 0 Å². The smallest absolute Gasteiger partial charge is 0.422 e. The first-order valence-corrected chi connectivity index (χ1v) is 7.03. The van der Waals surface area contributed by atoms with Gasteiger partial charge in [0.15, 0.2) is 0 Å². The zero-order valence-electron chi connectivity index (χ0n) is 10.6. The fraction of sp³-hybridized carbons (Fsp3) is 0.889. The Labute approximate surface area is 106 Å². The van der Waals surface area contributed by atoms with Crippen LogP contribution in [-0.2, 0) is 14.9 Å². The maximum absolute atomic E-state index is 11.8. The third-order valence-corrected chi connectivity index (χ3v) is 4.01. The van der Waals surface area contributed by atoms with Gasteiger partial charge < -0.3 is 15.2 Å². The number of amides is 1. The first kappa shape index (κ1) is 15.2. The molecule has 0 aromatic carbocycles. The van der Waals surface area contributed by atoms with Gasteiger partial charge in [-0.3, -0.25) is 0 Å². The summed E-state index contributed by atoms with van der Waals surface area (Å²) < 4.78 is 31.1. The molecule has 1 heterocycles. The minimum absolute atomic E-state index is 0.320. The summed E-state index contributed by atoms with van der Waals surface area (Å²) in [6.45, 7) is 3.87. The van der Waals surface area contributed by atoms with Crippen LogP contribution in [0, 0.1) is 0 Å². The van der Waals surface area contributed by atoms with Crippen LogP contribution in [0.3, 0.4) is 0 Å². The molecule has 1 aliphatic heterocycles. The van der Waals surface area contributed by atoms with Crippen LogP contribution in [-0.4, -0.2) is 62.3 Å². The zero-order chi connectivity index (χ0) is 13.9. The van der Waals surface area contributed by atoms with Crippen LogP contribution in [0.5, 0.6) is 0 Å². The first-order valence-electron chi connectivity index (χ1n) is 5.59. The van der Waals surface area contributed by atoms with Crippen molar-refractivity contribution in [3.8, 4) is 0 Å². The van der Waals surface area contributed by atoms with Crippen LogP contribution in [0.15, 0.2) is 0 Å². The molecule has 18 heavy (non-hydrogen) atoms. The average Bonchev–Trinajstić information content (AvgIpc) is 2.60. The minimum atomic E-state index is -4.01. The van der Waals surface area contributed by atoms with Gasteiger partial charge in [0, 0.05) is 20.1 Å². The molecule has 0 bridgehead atoms. The lowest BCUT2D eigenvalue weighted by Crippen LogP contribution is -2.50. The van der Waals surface area contributed by atoms with E-state index in [9.17, 15) is 18.3 Å². The number of rotatable bonds is 4. The summed E-state index contributed by atoms with van der Waals surface area (Å²) in [5.74, 6) is 0. The zero-order valence-corrected chi connectivity index (χ0v) is 11.4. The summed E-state index contributed by atoms with van der Waals surface area (Å²) in [4.78, 5) is 11.3. The fourth-order valence-corrected chi connectivity index (χ4v) is 2.59. The number of nitrogens with zero attached hydrogens (tertiary/aromatic N) is 1. The van der Waals surface area contributed by atoms with Gasteiger partial charge in [-0.2, -0.15) is 12.7 Å². The van der Waals surface area contributed by atoms with Crippen molar-refractivity contribution in [1.82, 2.24) is 14.3 Å². The molecule has 1 amide bonds. The molecule has 0 unspecified atom stereocenters. The number of carbonyl (C=O) groups is 1. The van der Waals surface area contributed by atoms with Gasteiger partial charge in [0.05, 0.1) is 18.2 Å². The van der Waals surface area contributed by atoms with Crippen molar-refractivity contribution in [2.45, 2.75) is 32.1 Å². The van der Waals surface area contributed by atoms with Gasteiger partial charge in [0.2, 0.25) is 0 Å². The van der Waals surface area contributed by atoms with Crippen LogP contribution in [0.1, 0.15) is 13.8 Å². The number of hydrogen-bond donors (Lipinski definition) is 3. The second-order valence-corrected chi connectivity index (χ2v) is 6.10. The lowest BCUT2D eigenvalue weighted by Gasteiger charge is -2.25. The molecule has 0 radical (unpaired) electrons. The summed E-state index contributed by atoms with van der Waals surface area (Å²) in [7, 11) is -2.72. The summed E-state index contributed by atoms with van der Waals surface area (Å²) in [5.41, 5.74) is 0. The second kappa shape index (κ2) is 5.83. The SMILES string of the molecule is CC(C)OC(=O)NS(=O)(=O)N(C)[C@H]1CNC[C@@H]1O. The quantitative estimate of drug-likeness (QED) is 0.587. The summed E-state index contributed by atoms with van der Waals surface area (Å²) in [6, 6.07) is -0.602. The number of aliphatic hydroxyl groups is 1. The predicted octanol–water partition coefficient (Wildman–Crippen LogP) is -1.37. The fourth-order valence-electron chi connectivity index (χ4n) is 1.62. The van der Waals surface area contributed by atoms with Crippen LogP contribution in [0.4, 0.5) is 4.79 Å². The third-order valence-electron chi connectivity index (χ3n) is 2.55. The summed E-state index contributed by atoms with van der Waals surface area (Å²) in [5, 5.41) is 12.5. The molecule has 8 nitrogen and oxygen atoms in total. The Morgan fingerprint density at radius 2 is 2.11 bits per heavy atom. The summed E-state index contributed by atoms with van der Waals surface area (Å²) in [6.07, 6.45) is -2.24. The van der Waals surface area contributed by atoms with E-state index in [4.69, 9.17) is 4.74 Å². The number of hydrogen-bond acceptors (Lipinski definition) is 6. The Bertz CT molecular complexity index is 397. The number of carbonyl (C=O) groups excluding carboxylic acids is 1. The van der Waals surface area contributed by atoms with E-state index < -0.39 is 34.6 Å². The number of nitrogens with one attached hydrogen (secondary N) is 2. The Hall–Kier alpha value is -0.900. The molecule has 2 atom stereocenters. The molecule has 1 fully saturated rings. The Morgan fingerprint density at radius 1 is 1.50 bits per heavy atom. The monoisotopic (exact) mass is 281 g/mol. The van der Waals surface area contributed by atoms with Crippen molar-refractivity contribution in [3.05, 3.63) is 0 Å². The normalized spacial score (nSPS) is 24.6. The first-order chi connectivity index (χ1) is 8.24. The van der Waals surface area contributed by atoms with E-state index in [1.165, 1.54) is 7.05 Å². The number of β-amino-alcohol motifs (C(OH)–C–C–N with tert-alkyl or cyclic N) is 1. The third kappa shape index (κ3) is 3.80. The molecule has 1 saturated heterocycles. The van der Waals surface area contributed by atoms with E-state index in [1.54, 1.807) is 18.6 Å². The van der Waals surface area contributed by atoms with E-state index >= 15 is 0 Å².